The number of nitrogens with zero attached hydrogens (tertiary/aromatic N) is 2. The van der Waals surface area contributed by atoms with Gasteiger partial charge in [-0.3, -0.25) is 9.59 Å². The van der Waals surface area contributed by atoms with E-state index in [2.05, 4.69) is 16.3 Å². The number of amides is 1. The molecule has 3 aliphatic rings. The van der Waals surface area contributed by atoms with Crippen molar-refractivity contribution in [2.45, 2.75) is 57.4 Å². The minimum atomic E-state index is -0.140. The smallest absolute Gasteiger partial charge is 0.274 e. The summed E-state index contributed by atoms with van der Waals surface area (Å²) in [6.45, 7) is 4.16. The lowest BCUT2D eigenvalue weighted by molar-refractivity contribution is -0.115. The first-order chi connectivity index (χ1) is 15.2. The lowest BCUT2D eigenvalue weighted by atomic mass is 9.81. The molecular weight excluding hydrogens is 386 g/mol. The first-order valence-electron chi connectivity index (χ1n) is 12.0. The van der Waals surface area contributed by atoms with E-state index >= 15 is 0 Å². The van der Waals surface area contributed by atoms with Gasteiger partial charge < -0.3 is 14.8 Å². The molecule has 1 amide bonds. The van der Waals surface area contributed by atoms with E-state index in [1.165, 1.54) is 45.1 Å². The highest BCUT2D eigenvalue weighted by molar-refractivity contribution is 5.92. The molecule has 31 heavy (non-hydrogen) atoms. The Hall–Kier alpha value is -2.40. The number of carbonyl (C=O) groups excluding carboxylic acids is 1. The second kappa shape index (κ2) is 8.99. The van der Waals surface area contributed by atoms with Gasteiger partial charge in [0.2, 0.25) is 5.91 Å². The van der Waals surface area contributed by atoms with Crippen molar-refractivity contribution in [3.63, 3.8) is 0 Å². The Bertz CT molecular complexity index is 978. The Morgan fingerprint density at radius 3 is 2.58 bits per heavy atom. The van der Waals surface area contributed by atoms with Gasteiger partial charge in [0.1, 0.15) is 5.69 Å². The van der Waals surface area contributed by atoms with Gasteiger partial charge in [-0.2, -0.15) is 0 Å². The number of aromatic nitrogens is 1. The van der Waals surface area contributed by atoms with Gasteiger partial charge in [0.25, 0.3) is 5.56 Å². The molecule has 0 unspecified atom stereocenters. The zero-order valence-electron chi connectivity index (χ0n) is 18.3. The number of nitrogens with one attached hydrogen (secondary N) is 1. The highest BCUT2D eigenvalue weighted by Gasteiger charge is 2.35. The predicted octanol–water partition coefficient (Wildman–Crippen LogP) is 4.03. The number of hydrogen-bond acceptors (Lipinski definition) is 3. The topological polar surface area (TPSA) is 54.3 Å². The number of hydrogen-bond donors (Lipinski definition) is 1. The van der Waals surface area contributed by atoms with Gasteiger partial charge in [0.15, 0.2) is 0 Å². The van der Waals surface area contributed by atoms with E-state index in [0.29, 0.717) is 17.5 Å². The second-order valence-electron chi connectivity index (χ2n) is 9.82. The highest BCUT2D eigenvalue weighted by Crippen LogP contribution is 2.36. The molecule has 2 bridgehead atoms. The zero-order valence-corrected chi connectivity index (χ0v) is 18.3. The lowest BCUT2D eigenvalue weighted by Gasteiger charge is -2.44. The van der Waals surface area contributed by atoms with Crippen LogP contribution in [0, 0.1) is 11.8 Å². The van der Waals surface area contributed by atoms with Crippen LogP contribution in [0.5, 0.6) is 0 Å². The summed E-state index contributed by atoms with van der Waals surface area (Å²) in [5.74, 6) is 1.68. The van der Waals surface area contributed by atoms with Crippen molar-refractivity contribution in [3.05, 3.63) is 64.1 Å². The van der Waals surface area contributed by atoms with E-state index in [9.17, 15) is 9.59 Å². The monoisotopic (exact) mass is 419 g/mol. The fourth-order valence-electron chi connectivity index (χ4n) is 6.00. The number of piperidine rings is 1. The van der Waals surface area contributed by atoms with Crippen LogP contribution in [0.3, 0.4) is 0 Å². The van der Waals surface area contributed by atoms with E-state index in [1.54, 1.807) is 0 Å². The van der Waals surface area contributed by atoms with E-state index in [1.807, 2.05) is 41.0 Å². The Morgan fingerprint density at radius 1 is 0.968 bits per heavy atom. The third kappa shape index (κ3) is 4.62. The normalized spacial score (nSPS) is 23.9. The standard InChI is InChI=1S/C26H33N3O2/c30-25(14-19-7-3-1-4-8-19)27-23-11-12-24-22-13-21(17-29(24)26(23)31)16-28(18-22)15-20-9-5-2-6-10-20/h1,3-4,7-8,11-12,20-22H,2,5-6,9-10,13-18H2,(H,27,30)/t21-,22+/m0/s1. The molecule has 1 N–H and O–H groups in total. The minimum Gasteiger partial charge on any atom is -0.321 e. The molecule has 5 rings (SSSR count). The molecule has 1 saturated heterocycles. The molecule has 164 valence electrons. The number of pyridine rings is 1. The molecule has 2 aromatic rings. The third-order valence-electron chi connectivity index (χ3n) is 7.40. The molecule has 5 heteroatoms. The lowest BCUT2D eigenvalue weighted by Crippen LogP contribution is -2.48. The summed E-state index contributed by atoms with van der Waals surface area (Å²) in [5, 5.41) is 2.85. The van der Waals surface area contributed by atoms with Gasteiger partial charge >= 0.3 is 0 Å². The summed E-state index contributed by atoms with van der Waals surface area (Å²) in [6, 6.07) is 13.5. The van der Waals surface area contributed by atoms with Gasteiger partial charge in [-0.15, -0.1) is 0 Å². The SMILES string of the molecule is O=C(Cc1ccccc1)Nc1ccc2n(c1=O)C[C@H]1C[C@@H]2CN(CC2CCCCC2)C1. The van der Waals surface area contributed by atoms with Crippen LogP contribution >= 0.6 is 0 Å². The van der Waals surface area contributed by atoms with Crippen molar-refractivity contribution in [2.75, 3.05) is 25.0 Å². The summed E-state index contributed by atoms with van der Waals surface area (Å²) >= 11 is 0. The Morgan fingerprint density at radius 2 is 1.77 bits per heavy atom. The summed E-state index contributed by atoms with van der Waals surface area (Å²) in [6.07, 6.45) is 8.42. The summed E-state index contributed by atoms with van der Waals surface area (Å²) < 4.78 is 1.94. The van der Waals surface area contributed by atoms with Gasteiger partial charge in [-0.05, 0) is 48.8 Å². The van der Waals surface area contributed by atoms with E-state index < -0.39 is 0 Å². The van der Waals surface area contributed by atoms with Crippen LogP contribution in [0.4, 0.5) is 5.69 Å². The third-order valence-corrected chi connectivity index (χ3v) is 7.40. The molecular formula is C26H33N3O2. The highest BCUT2D eigenvalue weighted by atomic mass is 16.2. The number of anilines is 1. The van der Waals surface area contributed by atoms with Crippen LogP contribution < -0.4 is 10.9 Å². The number of carbonyl (C=O) groups is 1. The van der Waals surface area contributed by atoms with E-state index in [4.69, 9.17) is 0 Å². The van der Waals surface area contributed by atoms with Gasteiger partial charge in [0.05, 0.1) is 6.42 Å². The maximum Gasteiger partial charge on any atom is 0.274 e. The van der Waals surface area contributed by atoms with Crippen molar-refractivity contribution in [1.82, 2.24) is 9.47 Å². The van der Waals surface area contributed by atoms with Crippen molar-refractivity contribution in [2.24, 2.45) is 11.8 Å². The predicted molar refractivity (Wildman–Crippen MR) is 123 cm³/mol. The maximum absolute atomic E-state index is 13.2. The fourth-order valence-corrected chi connectivity index (χ4v) is 6.00. The van der Waals surface area contributed by atoms with Gasteiger partial charge in [0, 0.05) is 37.8 Å². The first kappa shape index (κ1) is 20.5. The average molecular weight is 420 g/mol. The van der Waals surface area contributed by atoms with Crippen LogP contribution in [0.2, 0.25) is 0 Å². The van der Waals surface area contributed by atoms with Crippen LogP contribution in [-0.4, -0.2) is 35.0 Å². The molecule has 1 aromatic carbocycles. The van der Waals surface area contributed by atoms with Crippen molar-refractivity contribution in [3.8, 4) is 0 Å². The van der Waals surface area contributed by atoms with Crippen molar-refractivity contribution >= 4 is 11.6 Å². The molecule has 2 fully saturated rings. The van der Waals surface area contributed by atoms with Crippen LogP contribution in [0.1, 0.15) is 55.7 Å². The molecule has 1 aromatic heterocycles. The molecule has 0 spiro atoms. The molecule has 2 atom stereocenters. The van der Waals surface area contributed by atoms with Crippen molar-refractivity contribution < 1.29 is 4.79 Å². The first-order valence-corrected chi connectivity index (χ1v) is 12.0. The van der Waals surface area contributed by atoms with Crippen LogP contribution in [0.25, 0.3) is 0 Å². The van der Waals surface area contributed by atoms with Crippen LogP contribution in [-0.2, 0) is 17.8 Å². The van der Waals surface area contributed by atoms with E-state index in [-0.39, 0.29) is 17.9 Å². The molecule has 1 saturated carbocycles. The van der Waals surface area contributed by atoms with Crippen molar-refractivity contribution in [1.29, 1.82) is 0 Å². The molecule has 2 aliphatic heterocycles. The molecule has 3 heterocycles. The summed E-state index contributed by atoms with van der Waals surface area (Å²) in [5.41, 5.74) is 2.46. The Balaban J connectivity index is 1.28. The van der Waals surface area contributed by atoms with Gasteiger partial charge in [-0.25, -0.2) is 0 Å². The maximum atomic E-state index is 13.2. The number of likely N-dealkylation sites (tertiary alicyclic amines) is 1. The number of rotatable bonds is 5. The largest absolute Gasteiger partial charge is 0.321 e. The quantitative estimate of drug-likeness (QED) is 0.796. The number of fused-ring (bicyclic) bond motifs is 4. The van der Waals surface area contributed by atoms with Crippen LogP contribution in [0.15, 0.2) is 47.3 Å². The molecule has 0 radical (unpaired) electrons. The van der Waals surface area contributed by atoms with E-state index in [0.717, 1.165) is 36.8 Å². The summed E-state index contributed by atoms with van der Waals surface area (Å²) in [7, 11) is 0. The van der Waals surface area contributed by atoms with Gasteiger partial charge in [-0.1, -0.05) is 49.6 Å². The molecule has 5 nitrogen and oxygen atoms in total. The summed E-state index contributed by atoms with van der Waals surface area (Å²) in [4.78, 5) is 28.3. The number of benzene rings is 1. The molecule has 1 aliphatic carbocycles. The Kier molecular flexibility index (Phi) is 5.95. The Labute approximate surface area is 184 Å². The zero-order chi connectivity index (χ0) is 21.2. The minimum absolute atomic E-state index is 0.0469. The second-order valence-corrected chi connectivity index (χ2v) is 9.82. The average Bonchev–Trinajstić information content (AvgIpc) is 2.77. The fraction of sp³-hybridized carbons (Fsp3) is 0.538.